The number of fused-ring (bicyclic) bond motifs is 1. The summed E-state index contributed by atoms with van der Waals surface area (Å²) in [4.78, 5) is 5.19. The van der Waals surface area contributed by atoms with Crippen LogP contribution in [-0.4, -0.2) is 35.4 Å². The van der Waals surface area contributed by atoms with Gasteiger partial charge in [0.05, 0.1) is 15.9 Å². The first-order valence-electron chi connectivity index (χ1n) is 10.4. The third-order valence-corrected chi connectivity index (χ3v) is 9.00. The van der Waals surface area contributed by atoms with Crippen molar-refractivity contribution in [2.75, 3.05) is 13.1 Å². The van der Waals surface area contributed by atoms with Gasteiger partial charge in [0, 0.05) is 30.4 Å². The molecule has 1 saturated heterocycles. The van der Waals surface area contributed by atoms with Gasteiger partial charge in [0.2, 0.25) is 10.0 Å². The molecule has 0 atom stereocenters. The van der Waals surface area contributed by atoms with Crippen LogP contribution < -0.4 is 0 Å². The summed E-state index contributed by atoms with van der Waals surface area (Å²) >= 11 is 7.68. The molecule has 0 amide bonds. The van der Waals surface area contributed by atoms with Gasteiger partial charge < -0.3 is 4.57 Å². The Morgan fingerprint density at radius 2 is 1.80 bits per heavy atom. The van der Waals surface area contributed by atoms with Crippen LogP contribution in [0.1, 0.15) is 31.2 Å². The second kappa shape index (κ2) is 8.19. The molecule has 1 saturated carbocycles. The molecule has 2 heterocycles. The van der Waals surface area contributed by atoms with Gasteiger partial charge in [-0.2, -0.15) is 4.31 Å². The molecule has 3 aromatic rings. The molecule has 5 rings (SSSR count). The van der Waals surface area contributed by atoms with Crippen LogP contribution in [0, 0.1) is 5.92 Å². The van der Waals surface area contributed by atoms with Gasteiger partial charge in [-0.05, 0) is 67.5 Å². The van der Waals surface area contributed by atoms with Gasteiger partial charge in [0.15, 0.2) is 5.16 Å². The van der Waals surface area contributed by atoms with E-state index in [9.17, 15) is 8.42 Å². The lowest BCUT2D eigenvalue weighted by molar-refractivity contribution is 0.477. The first-order valence-corrected chi connectivity index (χ1v) is 13.2. The van der Waals surface area contributed by atoms with E-state index in [4.69, 9.17) is 16.6 Å². The molecule has 8 heteroatoms. The van der Waals surface area contributed by atoms with Crippen molar-refractivity contribution in [3.05, 3.63) is 53.1 Å². The van der Waals surface area contributed by atoms with E-state index in [0.717, 1.165) is 46.4 Å². The molecular formula is C22H24ClN3O2S2. The molecule has 1 aromatic heterocycles. The highest BCUT2D eigenvalue weighted by molar-refractivity contribution is 7.98. The van der Waals surface area contributed by atoms with Gasteiger partial charge in [-0.1, -0.05) is 35.5 Å². The molecule has 0 bridgehead atoms. The maximum absolute atomic E-state index is 13.0. The van der Waals surface area contributed by atoms with Crippen LogP contribution in [0.2, 0.25) is 5.02 Å². The molecule has 5 nitrogen and oxygen atoms in total. The fraction of sp³-hybridized carbons (Fsp3) is 0.409. The minimum atomic E-state index is -3.44. The zero-order valence-electron chi connectivity index (χ0n) is 16.6. The summed E-state index contributed by atoms with van der Waals surface area (Å²) in [6.45, 7) is 2.16. The number of hydrogen-bond donors (Lipinski definition) is 0. The van der Waals surface area contributed by atoms with Crippen LogP contribution in [-0.2, 0) is 22.3 Å². The fourth-order valence-corrected chi connectivity index (χ4v) is 6.54. The molecule has 2 aliphatic rings. The molecule has 1 aliphatic carbocycles. The Bertz CT molecular complexity index is 1170. The summed E-state index contributed by atoms with van der Waals surface area (Å²) in [5, 5.41) is 1.68. The largest absolute Gasteiger partial charge is 0.319 e. The Labute approximate surface area is 186 Å². The first-order chi connectivity index (χ1) is 14.5. The number of hydrogen-bond acceptors (Lipinski definition) is 4. The summed E-state index contributed by atoms with van der Waals surface area (Å²) in [6, 6.07) is 13.3. The Balaban J connectivity index is 1.47. The van der Waals surface area contributed by atoms with Crippen molar-refractivity contribution in [2.24, 2.45) is 5.92 Å². The van der Waals surface area contributed by atoms with Crippen molar-refractivity contribution in [1.82, 2.24) is 13.9 Å². The average molecular weight is 462 g/mol. The Hall–Kier alpha value is -1.54. The molecule has 0 unspecified atom stereocenters. The van der Waals surface area contributed by atoms with E-state index in [2.05, 4.69) is 4.57 Å². The summed E-state index contributed by atoms with van der Waals surface area (Å²) in [5.41, 5.74) is 2.96. The zero-order chi connectivity index (χ0) is 20.7. The number of imidazole rings is 1. The van der Waals surface area contributed by atoms with Crippen molar-refractivity contribution in [3.8, 4) is 0 Å². The number of halogens is 1. The maximum Gasteiger partial charge on any atom is 0.243 e. The lowest BCUT2D eigenvalue weighted by Crippen LogP contribution is -2.27. The van der Waals surface area contributed by atoms with E-state index in [-0.39, 0.29) is 0 Å². The molecule has 2 aromatic carbocycles. The van der Waals surface area contributed by atoms with Crippen LogP contribution >= 0.6 is 23.4 Å². The van der Waals surface area contributed by atoms with E-state index in [0.29, 0.717) is 23.9 Å². The van der Waals surface area contributed by atoms with E-state index < -0.39 is 10.0 Å². The minimum absolute atomic E-state index is 0.349. The highest BCUT2D eigenvalue weighted by Gasteiger charge is 2.29. The minimum Gasteiger partial charge on any atom is -0.319 e. The molecule has 158 valence electrons. The molecule has 0 spiro atoms. The molecule has 30 heavy (non-hydrogen) atoms. The van der Waals surface area contributed by atoms with E-state index in [1.54, 1.807) is 28.2 Å². The van der Waals surface area contributed by atoms with Crippen molar-refractivity contribution in [3.63, 3.8) is 0 Å². The van der Waals surface area contributed by atoms with Crippen molar-refractivity contribution in [2.45, 2.75) is 48.0 Å². The quantitative estimate of drug-likeness (QED) is 0.455. The van der Waals surface area contributed by atoms with Gasteiger partial charge >= 0.3 is 0 Å². The smallest absolute Gasteiger partial charge is 0.243 e. The average Bonchev–Trinajstić information content (AvgIpc) is 3.25. The van der Waals surface area contributed by atoms with Crippen LogP contribution in [0.3, 0.4) is 0 Å². The van der Waals surface area contributed by atoms with Crippen molar-refractivity contribution >= 4 is 44.4 Å². The fourth-order valence-electron chi connectivity index (χ4n) is 3.90. The van der Waals surface area contributed by atoms with Gasteiger partial charge in [-0.15, -0.1) is 0 Å². The molecule has 0 radical (unpaired) electrons. The lowest BCUT2D eigenvalue weighted by atomic mass is 10.2. The third-order valence-electron chi connectivity index (χ3n) is 5.81. The van der Waals surface area contributed by atoms with Gasteiger partial charge in [-0.25, -0.2) is 13.4 Å². The van der Waals surface area contributed by atoms with Crippen LogP contribution in [0.15, 0.2) is 52.5 Å². The van der Waals surface area contributed by atoms with Crippen molar-refractivity contribution in [1.29, 1.82) is 0 Å². The SMILES string of the molecule is O=S(=O)(c1ccc2c(c1)nc(SCc1ccc(Cl)cc1)n2CC1CC1)N1CCCC1. The highest BCUT2D eigenvalue weighted by atomic mass is 35.5. The van der Waals surface area contributed by atoms with E-state index >= 15 is 0 Å². The number of aromatic nitrogens is 2. The molecule has 2 fully saturated rings. The van der Waals surface area contributed by atoms with Crippen molar-refractivity contribution < 1.29 is 8.42 Å². The van der Waals surface area contributed by atoms with Crippen LogP contribution in [0.25, 0.3) is 11.0 Å². The first kappa shape index (κ1) is 20.4. The summed E-state index contributed by atoms with van der Waals surface area (Å²) in [5.74, 6) is 1.50. The zero-order valence-corrected chi connectivity index (χ0v) is 19.0. The lowest BCUT2D eigenvalue weighted by Gasteiger charge is -2.15. The normalized spacial score (nSPS) is 17.8. The summed E-state index contributed by atoms with van der Waals surface area (Å²) < 4.78 is 29.8. The summed E-state index contributed by atoms with van der Waals surface area (Å²) in [7, 11) is -3.44. The predicted octanol–water partition coefficient (Wildman–Crippen LogP) is 5.18. The number of thioether (sulfide) groups is 1. The number of sulfonamides is 1. The molecular weight excluding hydrogens is 438 g/mol. The van der Waals surface area contributed by atoms with Crippen LogP contribution in [0.4, 0.5) is 0 Å². The Morgan fingerprint density at radius 3 is 2.50 bits per heavy atom. The highest BCUT2D eigenvalue weighted by Crippen LogP contribution is 2.36. The van der Waals surface area contributed by atoms with E-state index in [1.165, 1.54) is 18.4 Å². The standard InChI is InChI=1S/C22H24ClN3O2S2/c23-18-7-5-17(6-8-18)15-29-22-24-20-13-19(30(27,28)25-11-1-2-12-25)9-10-21(20)26(22)14-16-3-4-16/h5-10,13,16H,1-4,11-12,14-15H2. The second-order valence-electron chi connectivity index (χ2n) is 8.13. The predicted molar refractivity (Wildman–Crippen MR) is 121 cm³/mol. The van der Waals surface area contributed by atoms with Gasteiger partial charge in [-0.3, -0.25) is 0 Å². The van der Waals surface area contributed by atoms with E-state index in [1.807, 2.05) is 30.3 Å². The monoisotopic (exact) mass is 461 g/mol. The Kier molecular flexibility index (Phi) is 5.56. The maximum atomic E-state index is 13.0. The Morgan fingerprint density at radius 1 is 1.07 bits per heavy atom. The number of rotatable bonds is 7. The molecule has 1 aliphatic heterocycles. The van der Waals surface area contributed by atoms with Gasteiger partial charge in [0.25, 0.3) is 0 Å². The molecule has 0 N–H and O–H groups in total. The third kappa shape index (κ3) is 4.13. The summed E-state index contributed by atoms with van der Waals surface area (Å²) in [6.07, 6.45) is 4.37. The number of nitrogens with zero attached hydrogens (tertiary/aromatic N) is 3. The van der Waals surface area contributed by atoms with Gasteiger partial charge in [0.1, 0.15) is 0 Å². The topological polar surface area (TPSA) is 55.2 Å². The second-order valence-corrected chi connectivity index (χ2v) is 11.4. The number of benzene rings is 2. The van der Waals surface area contributed by atoms with Crippen LogP contribution in [0.5, 0.6) is 0 Å².